The van der Waals surface area contributed by atoms with Crippen molar-refractivity contribution in [3.05, 3.63) is 28.8 Å². The average molecular weight is 527 g/mol. The fraction of sp³-hybridized carbons (Fsp3) is 0.731. The summed E-state index contributed by atoms with van der Waals surface area (Å²) in [5, 5.41) is 10.7. The van der Waals surface area contributed by atoms with Crippen molar-refractivity contribution in [2.75, 3.05) is 25.4 Å². The van der Waals surface area contributed by atoms with E-state index in [1.54, 1.807) is 4.31 Å². The molecule has 0 aromatic heterocycles. The molecule has 35 heavy (non-hydrogen) atoms. The SMILES string of the molecule is Cc1ccc2c(c1O)C[C@@H](C1CCN(S(=O)(=O)C[C@]34CC[C@H](CC3=O)C4(C)C)CC1)O[C@H]2CN.Cl. The molecule has 4 aliphatic rings. The zero-order valence-electron chi connectivity index (χ0n) is 21.0. The van der Waals surface area contributed by atoms with Crippen LogP contribution in [0.5, 0.6) is 5.75 Å². The van der Waals surface area contributed by atoms with Crippen LogP contribution in [0.1, 0.15) is 68.7 Å². The zero-order valence-corrected chi connectivity index (χ0v) is 22.6. The lowest BCUT2D eigenvalue weighted by molar-refractivity contribution is -0.128. The maximum absolute atomic E-state index is 13.5. The van der Waals surface area contributed by atoms with Crippen LogP contribution in [-0.4, -0.2) is 55.1 Å². The highest BCUT2D eigenvalue weighted by atomic mass is 35.5. The molecule has 1 saturated heterocycles. The second-order valence-corrected chi connectivity index (χ2v) is 13.5. The summed E-state index contributed by atoms with van der Waals surface area (Å²) in [6.07, 6.45) is 3.84. The Kier molecular flexibility index (Phi) is 7.12. The van der Waals surface area contributed by atoms with Crippen molar-refractivity contribution in [3.8, 4) is 5.75 Å². The van der Waals surface area contributed by atoms with E-state index in [-0.39, 0.29) is 47.5 Å². The van der Waals surface area contributed by atoms with Crippen LogP contribution in [-0.2, 0) is 26.0 Å². The molecule has 1 aromatic carbocycles. The number of rotatable bonds is 5. The summed E-state index contributed by atoms with van der Waals surface area (Å²) in [7, 11) is -3.53. The third kappa shape index (κ3) is 4.13. The quantitative estimate of drug-likeness (QED) is 0.607. The zero-order chi connectivity index (χ0) is 24.5. The molecular formula is C26H39ClN2O5S. The number of ketones is 1. The van der Waals surface area contributed by atoms with E-state index >= 15 is 0 Å². The highest BCUT2D eigenvalue weighted by Crippen LogP contribution is 2.64. The smallest absolute Gasteiger partial charge is 0.215 e. The molecule has 1 aromatic rings. The number of phenols is 1. The Hall–Kier alpha value is -1.19. The lowest BCUT2D eigenvalue weighted by Gasteiger charge is -2.41. The molecule has 0 unspecified atom stereocenters. The van der Waals surface area contributed by atoms with Crippen LogP contribution >= 0.6 is 12.4 Å². The normalized spacial score (nSPS) is 32.9. The van der Waals surface area contributed by atoms with Gasteiger partial charge < -0.3 is 15.6 Å². The van der Waals surface area contributed by atoms with Crippen LogP contribution in [0.2, 0.25) is 0 Å². The largest absolute Gasteiger partial charge is 0.507 e. The van der Waals surface area contributed by atoms with Crippen LogP contribution in [0.25, 0.3) is 0 Å². The van der Waals surface area contributed by atoms with Crippen molar-refractivity contribution < 1.29 is 23.1 Å². The van der Waals surface area contributed by atoms with Gasteiger partial charge in [0.2, 0.25) is 10.0 Å². The predicted octanol–water partition coefficient (Wildman–Crippen LogP) is 3.50. The van der Waals surface area contributed by atoms with Crippen molar-refractivity contribution >= 4 is 28.2 Å². The predicted molar refractivity (Wildman–Crippen MR) is 137 cm³/mol. The van der Waals surface area contributed by atoms with E-state index < -0.39 is 15.4 Å². The molecule has 3 fully saturated rings. The monoisotopic (exact) mass is 526 g/mol. The summed E-state index contributed by atoms with van der Waals surface area (Å²) < 4.78 is 34.9. The Labute approximate surface area is 215 Å². The number of phenolic OH excluding ortho intramolecular Hbond substituents is 1. The Balaban J connectivity index is 0.00000289. The van der Waals surface area contributed by atoms with Crippen LogP contribution in [0.4, 0.5) is 0 Å². The summed E-state index contributed by atoms with van der Waals surface area (Å²) in [6.45, 7) is 7.29. The molecule has 196 valence electrons. The first-order chi connectivity index (χ1) is 16.0. The molecule has 5 rings (SSSR count). The number of piperidine rings is 1. The van der Waals surface area contributed by atoms with Gasteiger partial charge >= 0.3 is 0 Å². The second kappa shape index (κ2) is 9.28. The molecule has 3 N–H and O–H groups in total. The van der Waals surface area contributed by atoms with Gasteiger partial charge in [-0.3, -0.25) is 4.79 Å². The first kappa shape index (κ1) is 26.9. The van der Waals surface area contributed by atoms with Gasteiger partial charge in [-0.05, 0) is 61.0 Å². The maximum Gasteiger partial charge on any atom is 0.215 e. The molecule has 7 nitrogen and oxygen atoms in total. The Morgan fingerprint density at radius 2 is 1.86 bits per heavy atom. The van der Waals surface area contributed by atoms with Crippen LogP contribution < -0.4 is 5.73 Å². The van der Waals surface area contributed by atoms with E-state index in [4.69, 9.17) is 10.5 Å². The molecule has 2 saturated carbocycles. The van der Waals surface area contributed by atoms with Gasteiger partial charge in [0.05, 0.1) is 18.0 Å². The van der Waals surface area contributed by atoms with Crippen molar-refractivity contribution in [2.24, 2.45) is 28.4 Å². The molecule has 2 bridgehead atoms. The minimum Gasteiger partial charge on any atom is -0.507 e. The number of hydrogen-bond acceptors (Lipinski definition) is 6. The first-order valence-electron chi connectivity index (χ1n) is 12.7. The van der Waals surface area contributed by atoms with Gasteiger partial charge in [-0.25, -0.2) is 12.7 Å². The fourth-order valence-corrected chi connectivity index (χ4v) is 9.57. The Bertz CT molecular complexity index is 1100. The lowest BCUT2D eigenvalue weighted by atomic mass is 9.70. The van der Waals surface area contributed by atoms with Gasteiger partial charge in [0, 0.05) is 43.5 Å². The molecule has 2 aliphatic heterocycles. The van der Waals surface area contributed by atoms with Crippen LogP contribution in [0, 0.1) is 29.6 Å². The van der Waals surface area contributed by atoms with Gasteiger partial charge in [0.25, 0.3) is 0 Å². The van der Waals surface area contributed by atoms with E-state index in [2.05, 4.69) is 13.8 Å². The number of halogens is 1. The summed E-state index contributed by atoms with van der Waals surface area (Å²) >= 11 is 0. The first-order valence-corrected chi connectivity index (χ1v) is 14.3. The number of aryl methyl sites for hydroxylation is 1. The van der Waals surface area contributed by atoms with E-state index in [0.717, 1.165) is 23.1 Å². The standard InChI is InChI=1S/C26H38N2O5S.ClH/c1-16-4-5-19-20(24(16)30)13-21(33-22(19)14-27)17-7-10-28(11-8-17)34(31,32)15-26-9-6-18(12-23(26)29)25(26,2)3;/h4-5,17-18,21-22,30H,6-15,27H2,1-3H3;1H/t18-,21+,22+,26-;/m1./s1. The number of nitrogens with zero attached hydrogens (tertiary/aromatic N) is 1. The van der Waals surface area contributed by atoms with Gasteiger partial charge in [-0.1, -0.05) is 26.0 Å². The topological polar surface area (TPSA) is 110 Å². The fourth-order valence-electron chi connectivity index (χ4n) is 7.32. The lowest BCUT2D eigenvalue weighted by Crippen LogP contribution is -2.49. The van der Waals surface area contributed by atoms with Crippen molar-refractivity contribution in [1.82, 2.24) is 4.31 Å². The molecule has 0 radical (unpaired) electrons. The van der Waals surface area contributed by atoms with Gasteiger partial charge in [0.1, 0.15) is 11.5 Å². The Morgan fingerprint density at radius 1 is 1.17 bits per heavy atom. The maximum atomic E-state index is 13.5. The average Bonchev–Trinajstić information content (AvgIpc) is 3.15. The summed E-state index contributed by atoms with van der Waals surface area (Å²) in [6, 6.07) is 3.89. The second-order valence-electron chi connectivity index (χ2n) is 11.6. The number of Topliss-reactive ketones (excluding diaryl/α,β-unsaturated/α-hetero) is 1. The molecule has 2 aliphatic carbocycles. The van der Waals surface area contributed by atoms with Gasteiger partial charge in [-0.15, -0.1) is 12.4 Å². The number of aromatic hydroxyl groups is 1. The van der Waals surface area contributed by atoms with E-state index in [1.165, 1.54) is 0 Å². The number of carbonyl (C=O) groups excluding carboxylic acids is 1. The summed E-state index contributed by atoms with van der Waals surface area (Å²) in [5.74, 6) is 0.921. The van der Waals surface area contributed by atoms with Crippen molar-refractivity contribution in [2.45, 2.75) is 71.5 Å². The molecule has 4 atom stereocenters. The van der Waals surface area contributed by atoms with E-state index in [9.17, 15) is 18.3 Å². The summed E-state index contributed by atoms with van der Waals surface area (Å²) in [5.41, 5.74) is 7.73. The highest BCUT2D eigenvalue weighted by Gasteiger charge is 2.65. The van der Waals surface area contributed by atoms with Crippen LogP contribution in [0.3, 0.4) is 0 Å². The number of nitrogens with two attached hydrogens (primary N) is 1. The molecule has 9 heteroatoms. The highest BCUT2D eigenvalue weighted by molar-refractivity contribution is 7.89. The number of hydrogen-bond donors (Lipinski definition) is 2. The number of carbonyl (C=O) groups is 1. The number of benzene rings is 1. The third-order valence-corrected chi connectivity index (χ3v) is 11.8. The Morgan fingerprint density at radius 3 is 2.43 bits per heavy atom. The minimum atomic E-state index is -3.53. The van der Waals surface area contributed by atoms with Gasteiger partial charge in [0.15, 0.2) is 0 Å². The van der Waals surface area contributed by atoms with E-state index in [1.807, 2.05) is 19.1 Å². The number of sulfonamides is 1. The number of fused-ring (bicyclic) bond motifs is 3. The molecular weight excluding hydrogens is 488 g/mol. The molecule has 0 amide bonds. The van der Waals surface area contributed by atoms with Crippen LogP contribution in [0.15, 0.2) is 12.1 Å². The van der Waals surface area contributed by atoms with Crippen molar-refractivity contribution in [3.63, 3.8) is 0 Å². The summed E-state index contributed by atoms with van der Waals surface area (Å²) in [4.78, 5) is 12.9. The molecule has 2 heterocycles. The number of ether oxygens (including phenoxy) is 1. The van der Waals surface area contributed by atoms with E-state index in [0.29, 0.717) is 63.4 Å². The third-order valence-electron chi connectivity index (χ3n) is 9.81. The van der Waals surface area contributed by atoms with Gasteiger partial charge in [-0.2, -0.15) is 0 Å². The molecule has 0 spiro atoms. The van der Waals surface area contributed by atoms with Crippen molar-refractivity contribution in [1.29, 1.82) is 0 Å². The minimum absolute atomic E-state index is 0.